The molecule has 3 N–H and O–H groups in total. The molecule has 3 fully saturated rings. The lowest BCUT2D eigenvalue weighted by Crippen LogP contribution is -2.55. The average molecular weight is 423 g/mol. The molecular weight excluding hydrogens is 380 g/mol. The Labute approximate surface area is 182 Å². The van der Waals surface area contributed by atoms with E-state index in [2.05, 4.69) is 33.9 Å². The highest BCUT2D eigenvalue weighted by Gasteiger charge is 2.53. The molecule has 30 heavy (non-hydrogen) atoms. The molecule has 5 nitrogen and oxygen atoms in total. The second-order valence-electron chi connectivity index (χ2n) is 11.1. The van der Waals surface area contributed by atoms with Gasteiger partial charge in [-0.2, -0.15) is 0 Å². The molecule has 0 unspecified atom stereocenters. The van der Waals surface area contributed by atoms with E-state index in [0.29, 0.717) is 17.3 Å². The topological polar surface area (TPSA) is 79.2 Å². The van der Waals surface area contributed by atoms with Crippen molar-refractivity contribution < 1.29 is 24.8 Å². The smallest absolute Gasteiger partial charge is 0.187 e. The SMILES string of the molecule is C=C[C@@](C)(CC[C@@H]1C(=C)CC[C@@H]2C(C)(C)CCC[C@@]12C)O[C@@H]1OC[C@@H](O)[C@H](O)[C@H]1O. The van der Waals surface area contributed by atoms with E-state index >= 15 is 0 Å². The summed E-state index contributed by atoms with van der Waals surface area (Å²) >= 11 is 0. The van der Waals surface area contributed by atoms with Crippen LogP contribution in [0.25, 0.3) is 0 Å². The van der Waals surface area contributed by atoms with Crippen molar-refractivity contribution >= 4 is 0 Å². The van der Waals surface area contributed by atoms with Crippen molar-refractivity contribution in [1.82, 2.24) is 0 Å². The minimum absolute atomic E-state index is 0.0651. The Bertz CT molecular complexity index is 645. The van der Waals surface area contributed by atoms with Gasteiger partial charge in [-0.15, -0.1) is 6.58 Å². The maximum atomic E-state index is 10.3. The molecule has 2 aliphatic carbocycles. The zero-order valence-electron chi connectivity index (χ0n) is 19.3. The molecule has 0 bridgehead atoms. The molecule has 1 saturated heterocycles. The molecule has 3 aliphatic rings. The minimum atomic E-state index is -1.29. The second kappa shape index (κ2) is 8.67. The van der Waals surface area contributed by atoms with Gasteiger partial charge in [0.15, 0.2) is 6.29 Å². The van der Waals surface area contributed by atoms with Gasteiger partial charge in [-0.3, -0.25) is 0 Å². The van der Waals surface area contributed by atoms with Gasteiger partial charge in [0.05, 0.1) is 12.2 Å². The Morgan fingerprint density at radius 2 is 1.90 bits per heavy atom. The minimum Gasteiger partial charge on any atom is -0.388 e. The van der Waals surface area contributed by atoms with Crippen LogP contribution in [0.5, 0.6) is 0 Å². The van der Waals surface area contributed by atoms with Crippen LogP contribution in [-0.2, 0) is 9.47 Å². The van der Waals surface area contributed by atoms with Crippen molar-refractivity contribution in [3.63, 3.8) is 0 Å². The number of hydrogen-bond donors (Lipinski definition) is 3. The first kappa shape index (κ1) is 23.9. The number of aliphatic hydroxyl groups excluding tert-OH is 3. The van der Waals surface area contributed by atoms with Crippen molar-refractivity contribution in [2.24, 2.45) is 22.7 Å². The van der Waals surface area contributed by atoms with Gasteiger partial charge in [-0.05, 0) is 68.1 Å². The molecule has 172 valence electrons. The van der Waals surface area contributed by atoms with Crippen LogP contribution in [0.1, 0.15) is 72.6 Å². The van der Waals surface area contributed by atoms with Crippen LogP contribution < -0.4 is 0 Å². The van der Waals surface area contributed by atoms with E-state index in [1.54, 1.807) is 6.08 Å². The number of aliphatic hydroxyl groups is 3. The fraction of sp³-hybridized carbons (Fsp3) is 0.840. The molecular formula is C25H42O5. The Balaban J connectivity index is 1.71. The van der Waals surface area contributed by atoms with Gasteiger partial charge in [0.2, 0.25) is 0 Å². The first-order chi connectivity index (χ1) is 13.9. The summed E-state index contributed by atoms with van der Waals surface area (Å²) in [6.45, 7) is 17.6. The normalized spacial score (nSPS) is 43.5. The monoisotopic (exact) mass is 422 g/mol. The fourth-order valence-corrected chi connectivity index (χ4v) is 6.60. The van der Waals surface area contributed by atoms with Crippen LogP contribution in [0.15, 0.2) is 24.8 Å². The molecule has 0 spiro atoms. The van der Waals surface area contributed by atoms with E-state index in [1.165, 1.54) is 31.3 Å². The predicted octanol–water partition coefficient (Wildman–Crippen LogP) is 3.97. The van der Waals surface area contributed by atoms with Crippen molar-refractivity contribution in [1.29, 1.82) is 0 Å². The molecule has 1 aliphatic heterocycles. The van der Waals surface area contributed by atoms with Crippen LogP contribution in [-0.4, -0.2) is 52.1 Å². The molecule has 2 saturated carbocycles. The summed E-state index contributed by atoms with van der Waals surface area (Å²) in [4.78, 5) is 0. The summed E-state index contributed by atoms with van der Waals surface area (Å²) in [5.41, 5.74) is 1.26. The molecule has 8 atom stereocenters. The van der Waals surface area contributed by atoms with Gasteiger partial charge in [0, 0.05) is 0 Å². The van der Waals surface area contributed by atoms with Gasteiger partial charge in [-0.1, -0.05) is 45.4 Å². The van der Waals surface area contributed by atoms with E-state index in [0.717, 1.165) is 19.3 Å². The molecule has 5 heteroatoms. The second-order valence-corrected chi connectivity index (χ2v) is 11.1. The number of ether oxygens (including phenoxy) is 2. The van der Waals surface area contributed by atoms with E-state index in [1.807, 2.05) is 6.92 Å². The van der Waals surface area contributed by atoms with Crippen molar-refractivity contribution in [3.8, 4) is 0 Å². The van der Waals surface area contributed by atoms with E-state index in [9.17, 15) is 15.3 Å². The third-order valence-electron chi connectivity index (χ3n) is 8.52. The maximum absolute atomic E-state index is 10.3. The van der Waals surface area contributed by atoms with Gasteiger partial charge in [0.1, 0.15) is 18.3 Å². The van der Waals surface area contributed by atoms with E-state index < -0.39 is 30.2 Å². The van der Waals surface area contributed by atoms with Crippen LogP contribution in [0.3, 0.4) is 0 Å². The average Bonchev–Trinajstić information content (AvgIpc) is 2.67. The summed E-state index contributed by atoms with van der Waals surface area (Å²) in [7, 11) is 0. The molecule has 0 radical (unpaired) electrons. The first-order valence-electron chi connectivity index (χ1n) is 11.6. The lowest BCUT2D eigenvalue weighted by Gasteiger charge is -2.58. The molecule has 3 rings (SSSR count). The van der Waals surface area contributed by atoms with Gasteiger partial charge in [-0.25, -0.2) is 0 Å². The molecule has 0 aromatic carbocycles. The Hall–Kier alpha value is -0.720. The number of rotatable bonds is 6. The van der Waals surface area contributed by atoms with Gasteiger partial charge >= 0.3 is 0 Å². The van der Waals surface area contributed by atoms with E-state index in [-0.39, 0.29) is 12.0 Å². The first-order valence-corrected chi connectivity index (χ1v) is 11.6. The Kier molecular flexibility index (Phi) is 6.91. The Morgan fingerprint density at radius 3 is 2.57 bits per heavy atom. The Morgan fingerprint density at radius 1 is 1.20 bits per heavy atom. The summed E-state index contributed by atoms with van der Waals surface area (Å²) in [6, 6.07) is 0. The zero-order valence-corrected chi connectivity index (χ0v) is 19.3. The maximum Gasteiger partial charge on any atom is 0.187 e. The molecule has 0 aromatic heterocycles. The summed E-state index contributed by atoms with van der Waals surface area (Å²) in [5, 5.41) is 29.9. The standard InChI is InChI=1S/C25H42O5/c1-7-24(5,30-22-21(28)20(27)18(26)15-29-22)14-11-17-16(2)9-10-19-23(3,4)12-8-13-25(17,19)6/h7,17-22,26-28H,1-2,8-15H2,3-6H3/t17-,18-,19-,20+,21-,22+,24+,25+/m1/s1. The molecule has 0 aromatic rings. The van der Waals surface area contributed by atoms with Crippen LogP contribution in [0, 0.1) is 22.7 Å². The largest absolute Gasteiger partial charge is 0.388 e. The third kappa shape index (κ3) is 4.42. The van der Waals surface area contributed by atoms with Crippen molar-refractivity contribution in [2.75, 3.05) is 6.61 Å². The summed E-state index contributed by atoms with van der Waals surface area (Å²) < 4.78 is 11.6. The fourth-order valence-electron chi connectivity index (χ4n) is 6.60. The third-order valence-corrected chi connectivity index (χ3v) is 8.52. The number of fused-ring (bicyclic) bond motifs is 1. The van der Waals surface area contributed by atoms with Crippen molar-refractivity contribution in [3.05, 3.63) is 24.8 Å². The summed E-state index contributed by atoms with van der Waals surface area (Å²) in [5.74, 6) is 1.13. The predicted molar refractivity (Wildman–Crippen MR) is 118 cm³/mol. The summed E-state index contributed by atoms with van der Waals surface area (Å²) in [6.07, 6.45) is 4.90. The highest BCUT2D eigenvalue weighted by atomic mass is 16.7. The zero-order chi connectivity index (χ0) is 22.3. The van der Waals surface area contributed by atoms with Crippen LogP contribution >= 0.6 is 0 Å². The lowest BCUT2D eigenvalue weighted by atomic mass is 9.47. The van der Waals surface area contributed by atoms with Crippen molar-refractivity contribution in [2.45, 2.75) is 103 Å². The number of allylic oxidation sites excluding steroid dienone is 1. The highest BCUT2D eigenvalue weighted by Crippen LogP contribution is 2.61. The molecule has 0 amide bonds. The van der Waals surface area contributed by atoms with Gasteiger partial charge in [0.25, 0.3) is 0 Å². The van der Waals surface area contributed by atoms with Crippen LogP contribution in [0.2, 0.25) is 0 Å². The lowest BCUT2D eigenvalue weighted by molar-refractivity contribution is -0.293. The number of hydrogen-bond acceptors (Lipinski definition) is 5. The van der Waals surface area contributed by atoms with Crippen LogP contribution in [0.4, 0.5) is 0 Å². The van der Waals surface area contributed by atoms with Gasteiger partial charge < -0.3 is 24.8 Å². The van der Waals surface area contributed by atoms with E-state index in [4.69, 9.17) is 9.47 Å². The molecule has 1 heterocycles. The highest BCUT2D eigenvalue weighted by molar-refractivity contribution is 5.16. The quantitative estimate of drug-likeness (QED) is 0.565.